The molecule has 2 saturated heterocycles. The average molecular weight is 484 g/mol. The molecular weight excluding hydrogens is 426 g/mol. The Morgan fingerprint density at radius 1 is 0.686 bits per heavy atom. The van der Waals surface area contributed by atoms with Gasteiger partial charge >= 0.3 is 0 Å². The molecule has 0 radical (unpaired) electrons. The van der Waals surface area contributed by atoms with Crippen molar-refractivity contribution in [3.63, 3.8) is 0 Å². The molecule has 1 spiro atoms. The molecule has 2 aliphatic heterocycles. The van der Waals surface area contributed by atoms with Crippen molar-refractivity contribution in [1.82, 2.24) is 5.32 Å². The van der Waals surface area contributed by atoms with Gasteiger partial charge in [-0.25, -0.2) is 0 Å². The largest absolute Gasteiger partial charge is 0.354 e. The van der Waals surface area contributed by atoms with E-state index in [0.717, 1.165) is 24.3 Å². The number of piperidine rings is 1. The SMILES string of the molecule is CC1CC[C@@]2(C)[C@](C)(CC[C@H]3[C@@]2(C)CC[C@]2(C)[C@]4(C)[C@H](C)[C@]5(CC[C@H](C)CN5)O[C@]4(C)C[C@]32C)C1. The molecule has 0 aromatic carbocycles. The number of ether oxygens (including phenoxy) is 1. The van der Waals surface area contributed by atoms with Gasteiger partial charge in [0.15, 0.2) is 0 Å². The molecule has 1 N–H and O–H groups in total. The lowest BCUT2D eigenvalue weighted by atomic mass is 9.31. The predicted octanol–water partition coefficient (Wildman–Crippen LogP) is 8.59. The van der Waals surface area contributed by atoms with E-state index in [1.165, 1.54) is 64.2 Å². The zero-order chi connectivity index (χ0) is 25.5. The van der Waals surface area contributed by atoms with Crippen LogP contribution in [0.15, 0.2) is 0 Å². The molecule has 2 heteroatoms. The first-order valence-corrected chi connectivity index (χ1v) is 15.5. The molecule has 6 aliphatic rings. The number of hydrogen-bond acceptors (Lipinski definition) is 2. The quantitative estimate of drug-likeness (QED) is 0.372. The minimum atomic E-state index is -0.113. The molecule has 0 amide bonds. The first kappa shape index (κ1) is 25.2. The Morgan fingerprint density at radius 2 is 1.37 bits per heavy atom. The molecule has 0 aromatic heterocycles. The van der Waals surface area contributed by atoms with Crippen LogP contribution in [-0.4, -0.2) is 17.9 Å². The Bertz CT molecular complexity index is 907. The van der Waals surface area contributed by atoms with Gasteiger partial charge in [0.1, 0.15) is 5.72 Å². The summed E-state index contributed by atoms with van der Waals surface area (Å²) >= 11 is 0. The number of hydrogen-bond donors (Lipinski definition) is 1. The summed E-state index contributed by atoms with van der Waals surface area (Å²) in [4.78, 5) is 0. The number of rotatable bonds is 0. The van der Waals surface area contributed by atoms with Crippen molar-refractivity contribution >= 4 is 0 Å². The maximum absolute atomic E-state index is 7.45. The molecule has 0 aromatic rings. The molecule has 12 atom stereocenters. The highest BCUT2D eigenvalue weighted by Gasteiger charge is 2.83. The van der Waals surface area contributed by atoms with Crippen LogP contribution in [0.25, 0.3) is 0 Å². The third-order valence-electron chi connectivity index (χ3n) is 16.1. The fourth-order valence-corrected chi connectivity index (χ4v) is 13.2. The minimum absolute atomic E-state index is 0.0442. The van der Waals surface area contributed by atoms with Crippen LogP contribution in [0.3, 0.4) is 0 Å². The Kier molecular flexibility index (Phi) is 4.98. The lowest BCUT2D eigenvalue weighted by Crippen LogP contribution is -2.67. The maximum atomic E-state index is 7.45. The second-order valence-electron chi connectivity index (χ2n) is 16.8. The van der Waals surface area contributed by atoms with E-state index in [1.807, 2.05) is 0 Å². The van der Waals surface area contributed by atoms with Gasteiger partial charge in [0.05, 0.1) is 5.60 Å². The van der Waals surface area contributed by atoms with E-state index in [-0.39, 0.29) is 16.7 Å². The fourth-order valence-electron chi connectivity index (χ4n) is 13.2. The maximum Gasteiger partial charge on any atom is 0.123 e. The highest BCUT2D eigenvalue weighted by atomic mass is 16.5. The summed E-state index contributed by atoms with van der Waals surface area (Å²) in [6.07, 6.45) is 13.7. The normalized spacial score (nSPS) is 66.0. The van der Waals surface area contributed by atoms with Crippen molar-refractivity contribution < 1.29 is 4.74 Å². The summed E-state index contributed by atoms with van der Waals surface area (Å²) in [5.74, 6) is 3.02. The molecule has 6 rings (SSSR count). The van der Waals surface area contributed by atoms with Crippen molar-refractivity contribution in [3.05, 3.63) is 0 Å². The van der Waals surface area contributed by atoms with Gasteiger partial charge in [-0.15, -0.1) is 0 Å². The van der Waals surface area contributed by atoms with Crippen LogP contribution in [0.4, 0.5) is 0 Å². The Hall–Kier alpha value is -0.0800. The van der Waals surface area contributed by atoms with Crippen LogP contribution < -0.4 is 5.32 Å². The number of fused-ring (bicyclic) bond motifs is 7. The Labute approximate surface area is 217 Å². The van der Waals surface area contributed by atoms with Crippen molar-refractivity contribution in [3.8, 4) is 0 Å². The lowest BCUT2D eigenvalue weighted by Gasteiger charge is -2.73. The lowest BCUT2D eigenvalue weighted by molar-refractivity contribution is -0.251. The second kappa shape index (κ2) is 6.91. The van der Waals surface area contributed by atoms with Crippen LogP contribution in [0.2, 0.25) is 0 Å². The van der Waals surface area contributed by atoms with Crippen molar-refractivity contribution in [2.75, 3.05) is 6.54 Å². The summed E-state index contributed by atoms with van der Waals surface area (Å²) in [6, 6.07) is 0. The zero-order valence-electron chi connectivity index (χ0n) is 25.0. The van der Waals surface area contributed by atoms with E-state index in [4.69, 9.17) is 4.74 Å². The van der Waals surface area contributed by atoms with E-state index in [9.17, 15) is 0 Å². The van der Waals surface area contributed by atoms with Gasteiger partial charge in [-0.1, -0.05) is 68.7 Å². The van der Waals surface area contributed by atoms with Crippen molar-refractivity contribution in [2.24, 2.45) is 56.2 Å². The molecule has 2 nitrogen and oxygen atoms in total. The third-order valence-corrected chi connectivity index (χ3v) is 16.1. The van der Waals surface area contributed by atoms with E-state index < -0.39 is 0 Å². The fraction of sp³-hybridized carbons (Fsp3) is 1.00. The molecule has 4 saturated carbocycles. The van der Waals surface area contributed by atoms with Crippen molar-refractivity contribution in [2.45, 2.75) is 145 Å². The first-order chi connectivity index (χ1) is 16.1. The molecule has 6 fully saturated rings. The first-order valence-electron chi connectivity index (χ1n) is 15.5. The van der Waals surface area contributed by atoms with Crippen LogP contribution in [0.1, 0.15) is 133 Å². The summed E-state index contributed by atoms with van der Waals surface area (Å²) in [5, 5.41) is 3.99. The monoisotopic (exact) mass is 483 g/mol. The Balaban J connectivity index is 1.42. The average Bonchev–Trinajstić information content (AvgIpc) is 3.02. The minimum Gasteiger partial charge on any atom is -0.354 e. The van der Waals surface area contributed by atoms with Gasteiger partial charge in [-0.3, -0.25) is 5.32 Å². The van der Waals surface area contributed by atoms with Gasteiger partial charge in [-0.05, 0) is 110 Å². The molecule has 0 bridgehead atoms. The summed E-state index contributed by atoms with van der Waals surface area (Å²) < 4.78 is 7.45. The van der Waals surface area contributed by atoms with Gasteiger partial charge in [-0.2, -0.15) is 0 Å². The molecule has 1 unspecified atom stereocenters. The zero-order valence-corrected chi connectivity index (χ0v) is 25.0. The topological polar surface area (TPSA) is 21.3 Å². The standard InChI is InChI=1S/C33H57NO/c1-22-11-15-29(7)26(4,19-22)14-13-25-27(29,5)17-18-30(8)28(25,6)21-31(9)32(30,10)24(3)33(35-31)16-12-23(2)20-34-33/h22-25,34H,11-21H2,1-10H3/t22?,23-,24-,25-,26+,27+,28+,29-,30-,31+,32-,33-/m0/s1. The predicted molar refractivity (Wildman–Crippen MR) is 146 cm³/mol. The molecule has 35 heavy (non-hydrogen) atoms. The van der Waals surface area contributed by atoms with Crippen LogP contribution >= 0.6 is 0 Å². The summed E-state index contributed by atoms with van der Waals surface area (Å²) in [6.45, 7) is 27.5. The van der Waals surface area contributed by atoms with E-state index in [0.29, 0.717) is 33.0 Å². The van der Waals surface area contributed by atoms with Gasteiger partial charge in [0.2, 0.25) is 0 Å². The smallest absolute Gasteiger partial charge is 0.123 e. The van der Waals surface area contributed by atoms with Crippen LogP contribution in [-0.2, 0) is 4.74 Å². The highest BCUT2D eigenvalue weighted by Crippen LogP contribution is 2.85. The molecule has 2 heterocycles. The third kappa shape index (κ3) is 2.53. The van der Waals surface area contributed by atoms with Crippen LogP contribution in [0, 0.1) is 56.2 Å². The summed E-state index contributed by atoms with van der Waals surface area (Å²) in [5.41, 5.74) is 2.13. The molecular formula is C33H57NO. The highest BCUT2D eigenvalue weighted by molar-refractivity contribution is 5.31. The Morgan fingerprint density at radius 3 is 2.03 bits per heavy atom. The number of nitrogens with one attached hydrogen (secondary N) is 1. The molecule has 200 valence electrons. The van der Waals surface area contributed by atoms with Gasteiger partial charge in [0.25, 0.3) is 0 Å². The van der Waals surface area contributed by atoms with Crippen LogP contribution in [0.5, 0.6) is 0 Å². The van der Waals surface area contributed by atoms with E-state index >= 15 is 0 Å². The van der Waals surface area contributed by atoms with E-state index in [1.54, 1.807) is 0 Å². The second-order valence-corrected chi connectivity index (χ2v) is 16.8. The van der Waals surface area contributed by atoms with Gasteiger partial charge < -0.3 is 4.74 Å². The van der Waals surface area contributed by atoms with Crippen molar-refractivity contribution in [1.29, 1.82) is 0 Å². The summed E-state index contributed by atoms with van der Waals surface area (Å²) in [7, 11) is 0. The van der Waals surface area contributed by atoms with E-state index in [2.05, 4.69) is 74.6 Å². The molecule has 4 aliphatic carbocycles. The van der Waals surface area contributed by atoms with Gasteiger partial charge in [0, 0.05) is 17.9 Å².